The molecule has 1 rings (SSSR count). The highest BCUT2D eigenvalue weighted by molar-refractivity contribution is 7.92. The van der Waals surface area contributed by atoms with Crippen LogP contribution in [-0.4, -0.2) is 32.5 Å². The Bertz CT molecular complexity index is 479. The number of hydrogen-bond donors (Lipinski definition) is 0. The van der Waals surface area contributed by atoms with Crippen LogP contribution in [0.25, 0.3) is 0 Å². The zero-order valence-electron chi connectivity index (χ0n) is 10.6. The summed E-state index contributed by atoms with van der Waals surface area (Å²) in [7, 11) is -3.43. The number of sulfone groups is 1. The molecule has 5 heteroatoms. The van der Waals surface area contributed by atoms with E-state index < -0.39 is 21.1 Å². The van der Waals surface area contributed by atoms with E-state index in [1.54, 1.807) is 6.92 Å². The Morgan fingerprint density at radius 2 is 1.89 bits per heavy atom. The van der Waals surface area contributed by atoms with Crippen molar-refractivity contribution in [1.82, 2.24) is 0 Å². The van der Waals surface area contributed by atoms with E-state index >= 15 is 0 Å². The molecular formula is C13H18O4S. The van der Waals surface area contributed by atoms with Crippen molar-refractivity contribution >= 4 is 15.8 Å². The maximum absolute atomic E-state index is 11.6. The lowest BCUT2D eigenvalue weighted by Crippen LogP contribution is -2.31. The lowest BCUT2D eigenvalue weighted by molar-refractivity contribution is -0.142. The second-order valence-corrected chi connectivity index (χ2v) is 6.32. The molecular weight excluding hydrogens is 252 g/mol. The second kappa shape index (κ2) is 6.54. The fourth-order valence-electron chi connectivity index (χ4n) is 1.68. The Morgan fingerprint density at radius 3 is 2.39 bits per heavy atom. The number of benzene rings is 1. The molecule has 0 aliphatic heterocycles. The van der Waals surface area contributed by atoms with Crippen LogP contribution in [-0.2, 0) is 25.8 Å². The van der Waals surface area contributed by atoms with Gasteiger partial charge < -0.3 is 4.74 Å². The first kappa shape index (κ1) is 14.7. The molecule has 0 aliphatic rings. The molecule has 0 aromatic heterocycles. The van der Waals surface area contributed by atoms with Crippen molar-refractivity contribution < 1.29 is 17.9 Å². The molecule has 0 N–H and O–H groups in total. The molecule has 1 aromatic carbocycles. The maximum Gasteiger partial charge on any atom is 0.324 e. The third-order valence-electron chi connectivity index (χ3n) is 2.60. The van der Waals surface area contributed by atoms with Gasteiger partial charge in [-0.05, 0) is 25.3 Å². The number of rotatable bonds is 6. The minimum absolute atomic E-state index is 0.191. The number of ether oxygens (including phenoxy) is 1. The van der Waals surface area contributed by atoms with Gasteiger partial charge in [0.05, 0.1) is 6.61 Å². The third-order valence-corrected chi connectivity index (χ3v) is 4.07. The van der Waals surface area contributed by atoms with Gasteiger partial charge in [-0.1, -0.05) is 30.3 Å². The number of hydrogen-bond acceptors (Lipinski definition) is 4. The van der Waals surface area contributed by atoms with Gasteiger partial charge in [0.2, 0.25) is 0 Å². The van der Waals surface area contributed by atoms with Crippen molar-refractivity contribution in [3.05, 3.63) is 35.9 Å². The summed E-state index contributed by atoms with van der Waals surface area (Å²) in [5, 5.41) is -1.07. The average Bonchev–Trinajstić information content (AvgIpc) is 2.29. The van der Waals surface area contributed by atoms with Gasteiger partial charge in [-0.3, -0.25) is 4.79 Å². The zero-order valence-corrected chi connectivity index (χ0v) is 11.4. The highest BCUT2D eigenvalue weighted by atomic mass is 32.2. The first-order chi connectivity index (χ1) is 8.45. The molecule has 100 valence electrons. The first-order valence-corrected chi connectivity index (χ1v) is 7.80. The molecule has 0 saturated heterocycles. The van der Waals surface area contributed by atoms with Gasteiger partial charge in [0, 0.05) is 6.26 Å². The third kappa shape index (κ3) is 4.49. The maximum atomic E-state index is 11.6. The van der Waals surface area contributed by atoms with Gasteiger partial charge in [-0.2, -0.15) is 0 Å². The fourth-order valence-corrected chi connectivity index (χ4v) is 2.65. The van der Waals surface area contributed by atoms with Crippen LogP contribution in [0.3, 0.4) is 0 Å². The van der Waals surface area contributed by atoms with Crippen molar-refractivity contribution in [3.63, 3.8) is 0 Å². The van der Waals surface area contributed by atoms with Crippen LogP contribution in [0, 0.1) is 0 Å². The summed E-state index contributed by atoms with van der Waals surface area (Å²) in [5.74, 6) is -0.657. The normalized spacial score (nSPS) is 13.0. The number of carbonyl (C=O) groups excluding carboxylic acids is 1. The lowest BCUT2D eigenvalue weighted by atomic mass is 10.1. The van der Waals surface area contributed by atoms with E-state index in [0.29, 0.717) is 6.42 Å². The van der Waals surface area contributed by atoms with Crippen LogP contribution in [0.4, 0.5) is 0 Å². The lowest BCUT2D eigenvalue weighted by Gasteiger charge is -2.13. The van der Waals surface area contributed by atoms with E-state index in [4.69, 9.17) is 4.74 Å². The van der Waals surface area contributed by atoms with Gasteiger partial charge >= 0.3 is 5.97 Å². The minimum Gasteiger partial charge on any atom is -0.465 e. The highest BCUT2D eigenvalue weighted by Crippen LogP contribution is 2.12. The van der Waals surface area contributed by atoms with E-state index in [-0.39, 0.29) is 13.0 Å². The van der Waals surface area contributed by atoms with Gasteiger partial charge in [-0.15, -0.1) is 0 Å². The fraction of sp³-hybridized carbons (Fsp3) is 0.462. The number of esters is 1. The molecule has 0 heterocycles. The molecule has 1 unspecified atom stereocenters. The summed E-state index contributed by atoms with van der Waals surface area (Å²) in [6.45, 7) is 1.85. The van der Waals surface area contributed by atoms with Crippen LogP contribution in [0.2, 0.25) is 0 Å². The summed E-state index contributed by atoms with van der Waals surface area (Å²) < 4.78 is 27.9. The predicted molar refractivity (Wildman–Crippen MR) is 70.0 cm³/mol. The predicted octanol–water partition coefficient (Wildman–Crippen LogP) is 1.60. The summed E-state index contributed by atoms with van der Waals surface area (Å²) in [6.07, 6.45) is 1.86. The van der Waals surface area contributed by atoms with E-state index in [0.717, 1.165) is 11.8 Å². The Kier molecular flexibility index (Phi) is 5.34. The number of aryl methyl sites for hydroxylation is 1. The molecule has 0 spiro atoms. The molecule has 0 aliphatic carbocycles. The molecule has 0 fully saturated rings. The van der Waals surface area contributed by atoms with Gasteiger partial charge in [-0.25, -0.2) is 8.42 Å². The van der Waals surface area contributed by atoms with Crippen molar-refractivity contribution in [2.24, 2.45) is 0 Å². The standard InChI is InChI=1S/C13H18O4S/c1-3-17-13(14)12(18(2,15)16)10-9-11-7-5-4-6-8-11/h4-8,12H,3,9-10H2,1-2H3. The van der Waals surface area contributed by atoms with Gasteiger partial charge in [0.15, 0.2) is 15.1 Å². The quantitative estimate of drug-likeness (QED) is 0.737. The summed E-state index contributed by atoms with van der Waals surface area (Å²) in [4.78, 5) is 11.6. The van der Waals surface area contributed by atoms with E-state index in [9.17, 15) is 13.2 Å². The molecule has 0 bridgehead atoms. The van der Waals surface area contributed by atoms with Crippen molar-refractivity contribution in [2.45, 2.75) is 25.0 Å². The topological polar surface area (TPSA) is 60.4 Å². The second-order valence-electron chi connectivity index (χ2n) is 4.09. The smallest absolute Gasteiger partial charge is 0.324 e. The zero-order chi connectivity index (χ0) is 13.6. The molecule has 0 radical (unpaired) electrons. The largest absolute Gasteiger partial charge is 0.465 e. The summed E-state index contributed by atoms with van der Waals surface area (Å²) in [6, 6.07) is 9.47. The van der Waals surface area contributed by atoms with Crippen molar-refractivity contribution in [3.8, 4) is 0 Å². The Balaban J connectivity index is 2.72. The van der Waals surface area contributed by atoms with Crippen LogP contribution in [0.15, 0.2) is 30.3 Å². The van der Waals surface area contributed by atoms with Crippen molar-refractivity contribution in [1.29, 1.82) is 0 Å². The SMILES string of the molecule is CCOC(=O)C(CCc1ccccc1)S(C)(=O)=O. The highest BCUT2D eigenvalue weighted by Gasteiger charge is 2.29. The Labute approximate surface area is 108 Å². The molecule has 4 nitrogen and oxygen atoms in total. The monoisotopic (exact) mass is 270 g/mol. The Hall–Kier alpha value is -1.36. The summed E-state index contributed by atoms with van der Waals surface area (Å²) >= 11 is 0. The van der Waals surface area contributed by atoms with Crippen LogP contribution >= 0.6 is 0 Å². The van der Waals surface area contributed by atoms with E-state index in [1.807, 2.05) is 30.3 Å². The van der Waals surface area contributed by atoms with Crippen LogP contribution < -0.4 is 0 Å². The summed E-state index contributed by atoms with van der Waals surface area (Å²) in [5.41, 5.74) is 1.01. The van der Waals surface area contributed by atoms with Gasteiger partial charge in [0.1, 0.15) is 0 Å². The molecule has 0 saturated carbocycles. The Morgan fingerprint density at radius 1 is 1.28 bits per heavy atom. The van der Waals surface area contributed by atoms with Crippen molar-refractivity contribution in [2.75, 3.05) is 12.9 Å². The van der Waals surface area contributed by atoms with Crippen LogP contribution in [0.5, 0.6) is 0 Å². The molecule has 1 atom stereocenters. The molecule has 0 amide bonds. The molecule has 1 aromatic rings. The molecule has 18 heavy (non-hydrogen) atoms. The van der Waals surface area contributed by atoms with Crippen LogP contribution in [0.1, 0.15) is 18.9 Å². The van der Waals surface area contributed by atoms with E-state index in [2.05, 4.69) is 0 Å². The van der Waals surface area contributed by atoms with E-state index in [1.165, 1.54) is 0 Å². The number of carbonyl (C=O) groups is 1. The average molecular weight is 270 g/mol. The van der Waals surface area contributed by atoms with Gasteiger partial charge in [0.25, 0.3) is 0 Å². The first-order valence-electron chi connectivity index (χ1n) is 5.84. The minimum atomic E-state index is -3.43.